The van der Waals surface area contributed by atoms with Crippen molar-refractivity contribution in [1.29, 1.82) is 0 Å². The summed E-state index contributed by atoms with van der Waals surface area (Å²) in [5.41, 5.74) is 4.19. The Bertz CT molecular complexity index is 770. The van der Waals surface area contributed by atoms with E-state index in [0.717, 1.165) is 12.1 Å². The molecule has 1 saturated carbocycles. The average molecular weight is 386 g/mol. The lowest BCUT2D eigenvalue weighted by Crippen LogP contribution is -2.13. The highest BCUT2D eigenvalue weighted by molar-refractivity contribution is 7.65. The lowest BCUT2D eigenvalue weighted by atomic mass is 9.97. The van der Waals surface area contributed by atoms with E-state index in [0.29, 0.717) is 0 Å². The molecule has 0 amide bonds. The zero-order valence-electron chi connectivity index (χ0n) is 15.8. The summed E-state index contributed by atoms with van der Waals surface area (Å²) in [6, 6.07) is 17.5. The monoisotopic (exact) mass is 386 g/mol. The van der Waals surface area contributed by atoms with Gasteiger partial charge in [-0.2, -0.15) is 0 Å². The topological polar surface area (TPSA) is 74.6 Å². The third kappa shape index (κ3) is 6.18. The van der Waals surface area contributed by atoms with Gasteiger partial charge in [0.05, 0.1) is 0 Å². The van der Waals surface area contributed by atoms with Crippen LogP contribution in [0.5, 0.6) is 0 Å². The Morgan fingerprint density at radius 1 is 1.15 bits per heavy atom. The van der Waals surface area contributed by atoms with Crippen LogP contribution < -0.4 is 5.30 Å². The molecule has 2 aromatic rings. The van der Waals surface area contributed by atoms with Crippen LogP contribution in [-0.4, -0.2) is 35.5 Å². The lowest BCUT2D eigenvalue weighted by molar-refractivity contribution is -0.137. The van der Waals surface area contributed by atoms with Crippen molar-refractivity contribution in [3.05, 3.63) is 54.1 Å². The molecule has 2 N–H and O–H groups in total. The number of carbonyl (C=O) groups is 2. The number of aliphatic carboxylic acids is 1. The van der Waals surface area contributed by atoms with Gasteiger partial charge in [-0.05, 0) is 59.5 Å². The minimum Gasteiger partial charge on any atom is -0.483 e. The van der Waals surface area contributed by atoms with E-state index in [2.05, 4.69) is 55.2 Å². The fourth-order valence-corrected chi connectivity index (χ4v) is 5.66. The fourth-order valence-electron chi connectivity index (χ4n) is 3.46. The second-order valence-corrected chi connectivity index (χ2v) is 9.31. The van der Waals surface area contributed by atoms with Crippen LogP contribution in [-0.2, 0) is 9.59 Å². The van der Waals surface area contributed by atoms with Gasteiger partial charge in [-0.25, -0.2) is 0 Å². The number of rotatable bonds is 7. The number of benzene rings is 2. The highest BCUT2D eigenvalue weighted by atomic mass is 31.1. The molecular weight excluding hydrogens is 359 g/mol. The van der Waals surface area contributed by atoms with Gasteiger partial charge in [-0.3, -0.25) is 9.59 Å². The minimum atomic E-state index is -0.696. The van der Waals surface area contributed by atoms with Gasteiger partial charge in [0.15, 0.2) is 0 Å². The summed E-state index contributed by atoms with van der Waals surface area (Å²) >= 11 is 0. The van der Waals surface area contributed by atoms with Crippen molar-refractivity contribution in [2.45, 2.75) is 32.1 Å². The molecule has 2 atom stereocenters. The van der Waals surface area contributed by atoms with E-state index in [1.807, 2.05) is 6.92 Å². The minimum absolute atomic E-state index is 0.213. The van der Waals surface area contributed by atoms with Crippen LogP contribution in [0.3, 0.4) is 0 Å². The Morgan fingerprint density at radius 2 is 1.70 bits per heavy atom. The SMILES string of the molecule is CC(CC(=O)O)CP(C)c1ccccc1-c1ccccc1C1CC1.O=CO. The standard InChI is InChI=1S/C21H25O2P.CH2O2/c1-15(13-21(22)23)14-24(2)20-10-6-5-9-19(20)18-8-4-3-7-17(18)16-11-12-16;2-1-3/h3-10,15-16H,11-14H2,1-2H3,(H,22,23);1H,(H,2,3). The molecule has 0 aromatic heterocycles. The number of hydrogen-bond donors (Lipinski definition) is 2. The maximum atomic E-state index is 10.9. The summed E-state index contributed by atoms with van der Waals surface area (Å²) in [6.45, 7) is 4.08. The lowest BCUT2D eigenvalue weighted by Gasteiger charge is -2.21. The molecule has 144 valence electrons. The molecule has 1 fully saturated rings. The summed E-state index contributed by atoms with van der Waals surface area (Å²) in [7, 11) is -0.365. The Labute approximate surface area is 162 Å². The zero-order chi connectivity index (χ0) is 19.8. The van der Waals surface area contributed by atoms with Gasteiger partial charge in [0.25, 0.3) is 6.47 Å². The molecule has 0 spiro atoms. The van der Waals surface area contributed by atoms with Gasteiger partial charge < -0.3 is 10.2 Å². The molecule has 0 heterocycles. The quantitative estimate of drug-likeness (QED) is 0.530. The predicted molar refractivity (Wildman–Crippen MR) is 111 cm³/mol. The zero-order valence-corrected chi connectivity index (χ0v) is 16.7. The van der Waals surface area contributed by atoms with Gasteiger partial charge in [-0.1, -0.05) is 63.4 Å². The second kappa shape index (κ2) is 10.2. The average Bonchev–Trinajstić information content (AvgIpc) is 3.46. The number of hydrogen-bond acceptors (Lipinski definition) is 2. The Morgan fingerprint density at radius 3 is 2.30 bits per heavy atom. The molecule has 0 saturated heterocycles. The Balaban J connectivity index is 0.000000817. The summed E-state index contributed by atoms with van der Waals surface area (Å²) in [4.78, 5) is 19.3. The van der Waals surface area contributed by atoms with Gasteiger partial charge in [0.2, 0.25) is 0 Å². The van der Waals surface area contributed by atoms with E-state index in [1.54, 1.807) is 0 Å². The van der Waals surface area contributed by atoms with Crippen LogP contribution in [0.1, 0.15) is 37.7 Å². The summed E-state index contributed by atoms with van der Waals surface area (Å²) in [5, 5.41) is 17.3. The molecular formula is C22H27O4P. The molecule has 0 aliphatic heterocycles. The maximum absolute atomic E-state index is 10.9. The van der Waals surface area contributed by atoms with E-state index in [4.69, 9.17) is 15.0 Å². The molecule has 2 aromatic carbocycles. The van der Waals surface area contributed by atoms with E-state index >= 15 is 0 Å². The molecule has 1 aliphatic carbocycles. The fraction of sp³-hybridized carbons (Fsp3) is 0.364. The summed E-state index contributed by atoms with van der Waals surface area (Å²) in [5.74, 6) is 0.242. The van der Waals surface area contributed by atoms with Crippen molar-refractivity contribution < 1.29 is 19.8 Å². The van der Waals surface area contributed by atoms with Gasteiger partial charge >= 0.3 is 5.97 Å². The number of carboxylic acids is 1. The Kier molecular flexibility index (Phi) is 7.99. The first-order chi connectivity index (χ1) is 13.0. The first-order valence-corrected chi connectivity index (χ1v) is 11.1. The first-order valence-electron chi connectivity index (χ1n) is 9.17. The van der Waals surface area contributed by atoms with Crippen molar-refractivity contribution in [3.63, 3.8) is 0 Å². The number of carboxylic acid groups (broad SMARTS) is 2. The summed E-state index contributed by atoms with van der Waals surface area (Å²) in [6.07, 6.45) is 3.82. The van der Waals surface area contributed by atoms with Crippen molar-refractivity contribution in [2.75, 3.05) is 12.8 Å². The maximum Gasteiger partial charge on any atom is 0.303 e. The molecule has 1 aliphatic rings. The van der Waals surface area contributed by atoms with Crippen LogP contribution in [0.15, 0.2) is 48.5 Å². The molecule has 5 heteroatoms. The smallest absolute Gasteiger partial charge is 0.303 e. The third-order valence-corrected chi connectivity index (χ3v) is 7.08. The highest BCUT2D eigenvalue weighted by Gasteiger charge is 2.27. The predicted octanol–water partition coefficient (Wildman–Crippen LogP) is 4.78. The van der Waals surface area contributed by atoms with E-state index in [-0.39, 0.29) is 26.7 Å². The first kappa shape index (κ1) is 21.1. The van der Waals surface area contributed by atoms with Gasteiger partial charge in [-0.15, -0.1) is 0 Å². The third-order valence-electron chi connectivity index (χ3n) is 4.69. The molecule has 0 bridgehead atoms. The normalized spacial score (nSPS) is 15.2. The summed E-state index contributed by atoms with van der Waals surface area (Å²) < 4.78 is 0. The molecule has 27 heavy (non-hydrogen) atoms. The molecule has 2 unspecified atom stereocenters. The van der Waals surface area contributed by atoms with Crippen LogP contribution in [0, 0.1) is 5.92 Å². The van der Waals surface area contributed by atoms with Crippen LogP contribution >= 0.6 is 7.92 Å². The van der Waals surface area contributed by atoms with Gasteiger partial charge in [0, 0.05) is 6.42 Å². The van der Waals surface area contributed by atoms with Crippen molar-refractivity contribution in [1.82, 2.24) is 0 Å². The Hall–Kier alpha value is -2.19. The molecule has 4 nitrogen and oxygen atoms in total. The van der Waals surface area contributed by atoms with E-state index in [1.165, 1.54) is 34.8 Å². The van der Waals surface area contributed by atoms with Gasteiger partial charge in [0.1, 0.15) is 0 Å². The van der Waals surface area contributed by atoms with Crippen molar-refractivity contribution >= 4 is 25.7 Å². The second-order valence-electron chi connectivity index (χ2n) is 7.07. The van der Waals surface area contributed by atoms with Crippen LogP contribution in [0.2, 0.25) is 0 Å². The van der Waals surface area contributed by atoms with Crippen LogP contribution in [0.25, 0.3) is 11.1 Å². The van der Waals surface area contributed by atoms with Crippen LogP contribution in [0.4, 0.5) is 0 Å². The molecule has 0 radical (unpaired) electrons. The molecule has 3 rings (SSSR count). The van der Waals surface area contributed by atoms with Crippen molar-refractivity contribution in [3.8, 4) is 11.1 Å². The highest BCUT2D eigenvalue weighted by Crippen LogP contribution is 2.45. The largest absolute Gasteiger partial charge is 0.483 e. The van der Waals surface area contributed by atoms with Crippen molar-refractivity contribution in [2.24, 2.45) is 5.92 Å². The van der Waals surface area contributed by atoms with E-state index in [9.17, 15) is 4.79 Å². The van der Waals surface area contributed by atoms with E-state index < -0.39 is 5.97 Å².